The second-order valence-electron chi connectivity index (χ2n) is 8.86. The molecular weight excluding hydrogens is 388 g/mol. The van der Waals surface area contributed by atoms with Gasteiger partial charge in [-0.05, 0) is 32.9 Å². The summed E-state index contributed by atoms with van der Waals surface area (Å²) < 4.78 is 11.4. The van der Waals surface area contributed by atoms with Crippen molar-refractivity contribution in [2.45, 2.75) is 64.0 Å². The van der Waals surface area contributed by atoms with Crippen LogP contribution in [0, 0.1) is 0 Å². The lowest BCUT2D eigenvalue weighted by Gasteiger charge is -2.41. The van der Waals surface area contributed by atoms with Gasteiger partial charge in [0.05, 0.1) is 18.3 Å². The number of carbonyl (C=O) groups excluding carboxylic acids is 2. The molecule has 1 aliphatic carbocycles. The van der Waals surface area contributed by atoms with Crippen LogP contribution in [0.4, 0.5) is 4.79 Å². The molecule has 2 aliphatic rings. The lowest BCUT2D eigenvalue weighted by atomic mass is 10.1. The smallest absolute Gasteiger partial charge is 0.407 e. The molecule has 9 heteroatoms. The molecule has 0 unspecified atom stereocenters. The highest BCUT2D eigenvalue weighted by Gasteiger charge is 2.48. The van der Waals surface area contributed by atoms with Gasteiger partial charge in [0.25, 0.3) is 0 Å². The number of carbonyl (C=O) groups is 2. The van der Waals surface area contributed by atoms with Gasteiger partial charge in [0.2, 0.25) is 5.91 Å². The highest BCUT2D eigenvalue weighted by molar-refractivity contribution is 5.73. The van der Waals surface area contributed by atoms with Crippen LogP contribution < -0.4 is 10.1 Å². The summed E-state index contributed by atoms with van der Waals surface area (Å²) in [5.74, 6) is 0.613. The van der Waals surface area contributed by atoms with Crippen molar-refractivity contribution < 1.29 is 24.2 Å². The van der Waals surface area contributed by atoms with Gasteiger partial charge in [0.15, 0.2) is 0 Å². The van der Waals surface area contributed by atoms with Gasteiger partial charge in [-0.25, -0.2) is 4.79 Å². The van der Waals surface area contributed by atoms with E-state index in [-0.39, 0.29) is 18.0 Å². The number of pyridine rings is 1. The summed E-state index contributed by atoms with van der Waals surface area (Å²) in [7, 11) is 0. The van der Waals surface area contributed by atoms with Crippen molar-refractivity contribution in [1.29, 1.82) is 0 Å². The molecule has 2 N–H and O–H groups in total. The number of aliphatic hydroxyl groups excluding tert-OH is 1. The molecule has 1 aromatic rings. The van der Waals surface area contributed by atoms with Crippen molar-refractivity contribution in [2.75, 3.05) is 26.2 Å². The van der Waals surface area contributed by atoms with E-state index in [9.17, 15) is 14.7 Å². The highest BCUT2D eigenvalue weighted by Crippen LogP contribution is 2.30. The first-order chi connectivity index (χ1) is 14.1. The molecule has 9 nitrogen and oxygen atoms in total. The van der Waals surface area contributed by atoms with Crippen LogP contribution in [0.5, 0.6) is 5.75 Å². The van der Waals surface area contributed by atoms with E-state index >= 15 is 0 Å². The molecule has 0 bridgehead atoms. The molecule has 2 fully saturated rings. The maximum atomic E-state index is 12.4. The fourth-order valence-electron chi connectivity index (χ4n) is 4.11. The van der Waals surface area contributed by atoms with Crippen molar-refractivity contribution in [1.82, 2.24) is 20.1 Å². The normalized spacial score (nSPS) is 27.6. The minimum Gasteiger partial charge on any atom is -0.486 e. The summed E-state index contributed by atoms with van der Waals surface area (Å²) in [6.45, 7) is 9.40. The summed E-state index contributed by atoms with van der Waals surface area (Å²) in [5.41, 5.74) is -0.616. The maximum absolute atomic E-state index is 12.4. The summed E-state index contributed by atoms with van der Waals surface area (Å²) in [6, 6.07) is 2.87. The predicted octanol–water partition coefficient (Wildman–Crippen LogP) is 1.02. The minimum atomic E-state index is -0.811. The molecule has 2 heterocycles. The van der Waals surface area contributed by atoms with Crippen LogP contribution in [0.3, 0.4) is 0 Å². The number of amides is 2. The first kappa shape index (κ1) is 22.3. The second kappa shape index (κ2) is 9.18. The van der Waals surface area contributed by atoms with Gasteiger partial charge in [0, 0.05) is 45.7 Å². The van der Waals surface area contributed by atoms with Gasteiger partial charge < -0.3 is 24.8 Å². The lowest BCUT2D eigenvalue weighted by molar-refractivity contribution is -0.131. The summed E-state index contributed by atoms with van der Waals surface area (Å²) in [6.07, 6.45) is 1.87. The first-order valence-electron chi connectivity index (χ1n) is 10.4. The standard InChI is InChI=1S/C21H32N4O5/c1-14(26)24-8-10-25(11-9-24)18-16(23-20(28)30-21(2,3)4)12-17(19(18)27)29-15-6-5-7-22-13-15/h5-7,13,16-19,27H,8-12H2,1-4H3,(H,23,28)/t16-,17-,18+,19+/m1/s1. The van der Waals surface area contributed by atoms with Crippen LogP contribution in [0.15, 0.2) is 24.5 Å². The number of ether oxygens (including phenoxy) is 2. The molecule has 2 amide bonds. The number of hydrogen-bond acceptors (Lipinski definition) is 7. The van der Waals surface area contributed by atoms with E-state index in [1.54, 1.807) is 36.4 Å². The molecule has 0 aromatic carbocycles. The Balaban J connectivity index is 1.73. The van der Waals surface area contributed by atoms with E-state index in [0.717, 1.165) is 0 Å². The van der Waals surface area contributed by atoms with E-state index in [2.05, 4.69) is 15.2 Å². The van der Waals surface area contributed by atoms with E-state index in [4.69, 9.17) is 9.47 Å². The monoisotopic (exact) mass is 420 g/mol. The molecular formula is C21H32N4O5. The van der Waals surface area contributed by atoms with E-state index in [1.165, 1.54) is 0 Å². The summed E-state index contributed by atoms with van der Waals surface area (Å²) >= 11 is 0. The highest BCUT2D eigenvalue weighted by atomic mass is 16.6. The zero-order valence-electron chi connectivity index (χ0n) is 18.1. The van der Waals surface area contributed by atoms with Crippen molar-refractivity contribution in [3.05, 3.63) is 24.5 Å². The number of alkyl carbamates (subject to hydrolysis) is 1. The Morgan fingerprint density at radius 1 is 1.23 bits per heavy atom. The molecule has 3 rings (SSSR count). The van der Waals surface area contributed by atoms with E-state index in [1.807, 2.05) is 20.8 Å². The topological polar surface area (TPSA) is 104 Å². The number of nitrogens with one attached hydrogen (secondary N) is 1. The van der Waals surface area contributed by atoms with Crippen molar-refractivity contribution >= 4 is 12.0 Å². The number of aliphatic hydroxyl groups is 1. The third kappa shape index (κ3) is 5.60. The molecule has 1 saturated heterocycles. The SMILES string of the molecule is CC(=O)N1CCN([C@@H]2[C@@H](O)[C@H](Oc3cccnc3)C[C@H]2NC(=O)OC(C)(C)C)CC1. The largest absolute Gasteiger partial charge is 0.486 e. The Morgan fingerprint density at radius 2 is 1.93 bits per heavy atom. The fourth-order valence-corrected chi connectivity index (χ4v) is 4.11. The Bertz CT molecular complexity index is 731. The first-order valence-corrected chi connectivity index (χ1v) is 10.4. The maximum Gasteiger partial charge on any atom is 0.407 e. The van der Waals surface area contributed by atoms with Crippen LogP contribution in [-0.4, -0.2) is 88.0 Å². The molecule has 30 heavy (non-hydrogen) atoms. The quantitative estimate of drug-likeness (QED) is 0.749. The Kier molecular flexibility index (Phi) is 6.82. The van der Waals surface area contributed by atoms with Gasteiger partial charge in [-0.3, -0.25) is 14.7 Å². The number of nitrogens with zero attached hydrogens (tertiary/aromatic N) is 3. The van der Waals surface area contributed by atoms with E-state index < -0.39 is 23.9 Å². The predicted molar refractivity (Wildman–Crippen MR) is 110 cm³/mol. The Hall–Kier alpha value is -2.39. The average molecular weight is 421 g/mol. The van der Waals surface area contributed by atoms with Crippen LogP contribution in [0.1, 0.15) is 34.1 Å². The third-order valence-corrected chi connectivity index (χ3v) is 5.43. The van der Waals surface area contributed by atoms with Gasteiger partial charge in [-0.15, -0.1) is 0 Å². The molecule has 1 aliphatic heterocycles. The zero-order valence-corrected chi connectivity index (χ0v) is 18.1. The summed E-state index contributed by atoms with van der Waals surface area (Å²) in [5, 5.41) is 14.0. The second-order valence-corrected chi connectivity index (χ2v) is 8.86. The average Bonchev–Trinajstić information content (AvgIpc) is 2.96. The molecule has 0 radical (unpaired) electrons. The van der Waals surface area contributed by atoms with Gasteiger partial charge in [-0.1, -0.05) is 0 Å². The summed E-state index contributed by atoms with van der Waals surface area (Å²) in [4.78, 5) is 32.0. The molecule has 1 saturated carbocycles. The Labute approximate surface area is 177 Å². The number of piperazine rings is 1. The lowest BCUT2D eigenvalue weighted by Crippen LogP contribution is -2.59. The molecule has 4 atom stereocenters. The van der Waals surface area contributed by atoms with Gasteiger partial charge >= 0.3 is 6.09 Å². The molecule has 0 spiro atoms. The van der Waals surface area contributed by atoms with Gasteiger partial charge in [0.1, 0.15) is 23.6 Å². The fraction of sp³-hybridized carbons (Fsp3) is 0.667. The minimum absolute atomic E-state index is 0.0443. The number of hydrogen-bond donors (Lipinski definition) is 2. The van der Waals surface area contributed by atoms with Gasteiger partial charge in [-0.2, -0.15) is 0 Å². The van der Waals surface area contributed by atoms with Crippen LogP contribution in [-0.2, 0) is 9.53 Å². The zero-order chi connectivity index (χ0) is 21.9. The number of aromatic nitrogens is 1. The van der Waals surface area contributed by atoms with Crippen molar-refractivity contribution in [2.24, 2.45) is 0 Å². The van der Waals surface area contributed by atoms with Crippen LogP contribution >= 0.6 is 0 Å². The Morgan fingerprint density at radius 3 is 2.50 bits per heavy atom. The molecule has 166 valence electrons. The van der Waals surface area contributed by atoms with Crippen molar-refractivity contribution in [3.63, 3.8) is 0 Å². The van der Waals surface area contributed by atoms with Crippen molar-refractivity contribution in [3.8, 4) is 5.75 Å². The van der Waals surface area contributed by atoms with Crippen LogP contribution in [0.2, 0.25) is 0 Å². The third-order valence-electron chi connectivity index (χ3n) is 5.43. The number of rotatable bonds is 4. The van der Waals surface area contributed by atoms with Crippen LogP contribution in [0.25, 0.3) is 0 Å². The van der Waals surface area contributed by atoms with E-state index in [0.29, 0.717) is 38.3 Å². The molecule has 1 aromatic heterocycles.